The van der Waals surface area contributed by atoms with Gasteiger partial charge in [-0.15, -0.1) is 0 Å². The first kappa shape index (κ1) is 22.6. The third-order valence-corrected chi connectivity index (χ3v) is 4.77. The van der Waals surface area contributed by atoms with Crippen molar-refractivity contribution in [3.63, 3.8) is 0 Å². The summed E-state index contributed by atoms with van der Waals surface area (Å²) in [5.41, 5.74) is 5.75. The highest BCUT2D eigenvalue weighted by Gasteiger charge is 2.08. The summed E-state index contributed by atoms with van der Waals surface area (Å²) < 4.78 is 10.6. The topological polar surface area (TPSA) is 113 Å². The Bertz CT molecular complexity index is 1210. The average molecular weight is 459 g/mol. The summed E-state index contributed by atoms with van der Waals surface area (Å²) >= 11 is 0. The van der Waals surface area contributed by atoms with Crippen molar-refractivity contribution in [2.24, 2.45) is 5.10 Å². The number of furan rings is 1. The first-order chi connectivity index (χ1) is 16.6. The van der Waals surface area contributed by atoms with Crippen molar-refractivity contribution >= 4 is 35.4 Å². The minimum Gasteiger partial charge on any atom is -0.497 e. The molecule has 0 aliphatic carbocycles. The van der Waals surface area contributed by atoms with Gasteiger partial charge in [0.1, 0.15) is 11.5 Å². The number of aromatic nitrogens is 3. The fraction of sp³-hybridized carbons (Fsp3) is 0.167. The number of benzene rings is 2. The molecule has 0 unspecified atom stereocenters. The van der Waals surface area contributed by atoms with E-state index in [1.165, 1.54) is 0 Å². The largest absolute Gasteiger partial charge is 0.497 e. The van der Waals surface area contributed by atoms with Gasteiger partial charge < -0.3 is 24.7 Å². The van der Waals surface area contributed by atoms with Crippen LogP contribution in [0.25, 0.3) is 0 Å². The van der Waals surface area contributed by atoms with Crippen LogP contribution in [-0.4, -0.2) is 42.4 Å². The molecular weight excluding hydrogens is 432 g/mol. The van der Waals surface area contributed by atoms with Crippen LogP contribution in [0, 0.1) is 0 Å². The van der Waals surface area contributed by atoms with Crippen LogP contribution in [0.1, 0.15) is 11.3 Å². The molecule has 0 radical (unpaired) electrons. The normalized spacial score (nSPS) is 10.8. The van der Waals surface area contributed by atoms with Crippen molar-refractivity contribution in [2.45, 2.75) is 6.54 Å². The third kappa shape index (κ3) is 6.22. The minimum atomic E-state index is 0.286. The molecule has 4 aromatic rings. The van der Waals surface area contributed by atoms with E-state index in [2.05, 4.69) is 36.1 Å². The molecule has 0 aliphatic rings. The quantitative estimate of drug-likeness (QED) is 0.236. The predicted molar refractivity (Wildman–Crippen MR) is 134 cm³/mol. The molecule has 0 fully saturated rings. The maximum Gasteiger partial charge on any atom is 0.250 e. The fourth-order valence-corrected chi connectivity index (χ4v) is 2.97. The van der Waals surface area contributed by atoms with Gasteiger partial charge in [-0.05, 0) is 54.1 Å². The Balaban J connectivity index is 1.50. The SMILES string of the molecule is COc1ccc(Nc2nc(NCc3ccco3)nc(N/N=C/c3ccc(N(C)C)cc3)n2)cc1. The van der Waals surface area contributed by atoms with Crippen LogP contribution in [0.2, 0.25) is 0 Å². The molecule has 0 bridgehead atoms. The zero-order chi connectivity index (χ0) is 23.8. The van der Waals surface area contributed by atoms with Crippen LogP contribution in [-0.2, 0) is 6.54 Å². The van der Waals surface area contributed by atoms with Gasteiger partial charge in [0.05, 0.1) is 26.1 Å². The molecule has 10 heteroatoms. The second-order valence-electron chi connectivity index (χ2n) is 7.45. The number of hydrogen-bond donors (Lipinski definition) is 3. The van der Waals surface area contributed by atoms with E-state index in [0.29, 0.717) is 18.4 Å². The van der Waals surface area contributed by atoms with Gasteiger partial charge in [-0.25, -0.2) is 5.43 Å². The van der Waals surface area contributed by atoms with E-state index >= 15 is 0 Å². The van der Waals surface area contributed by atoms with E-state index < -0.39 is 0 Å². The van der Waals surface area contributed by atoms with Gasteiger partial charge in [0.2, 0.25) is 17.8 Å². The molecule has 3 N–H and O–H groups in total. The van der Waals surface area contributed by atoms with Crippen LogP contribution in [0.5, 0.6) is 5.75 Å². The number of nitrogens with one attached hydrogen (secondary N) is 3. The maximum absolute atomic E-state index is 5.37. The van der Waals surface area contributed by atoms with Crippen molar-refractivity contribution in [3.05, 3.63) is 78.3 Å². The molecule has 2 heterocycles. The minimum absolute atomic E-state index is 0.286. The molecule has 10 nitrogen and oxygen atoms in total. The molecule has 0 amide bonds. The van der Waals surface area contributed by atoms with Gasteiger partial charge in [-0.1, -0.05) is 12.1 Å². The number of rotatable bonds is 10. The fourth-order valence-electron chi connectivity index (χ4n) is 2.97. The van der Waals surface area contributed by atoms with Crippen LogP contribution >= 0.6 is 0 Å². The Hall–Kier alpha value is -4.60. The monoisotopic (exact) mass is 458 g/mol. The molecule has 0 saturated carbocycles. The lowest BCUT2D eigenvalue weighted by atomic mass is 10.2. The Kier molecular flexibility index (Phi) is 7.19. The second-order valence-corrected chi connectivity index (χ2v) is 7.45. The van der Waals surface area contributed by atoms with E-state index in [0.717, 1.165) is 28.4 Å². The summed E-state index contributed by atoms with van der Waals surface area (Å²) in [4.78, 5) is 15.3. The first-order valence-electron chi connectivity index (χ1n) is 10.6. The van der Waals surface area contributed by atoms with Crippen LogP contribution in [0.3, 0.4) is 0 Å². The Morgan fingerprint density at radius 1 is 0.941 bits per heavy atom. The lowest BCUT2D eigenvalue weighted by Crippen LogP contribution is -2.09. The number of methoxy groups -OCH3 is 1. The molecule has 4 rings (SSSR count). The summed E-state index contributed by atoms with van der Waals surface area (Å²) in [6, 6.07) is 19.2. The Morgan fingerprint density at radius 2 is 1.68 bits per heavy atom. The number of ether oxygens (including phenoxy) is 1. The number of nitrogens with zero attached hydrogens (tertiary/aromatic N) is 5. The summed E-state index contributed by atoms with van der Waals surface area (Å²) in [5.74, 6) is 2.54. The Labute approximate surface area is 197 Å². The molecule has 0 spiro atoms. The third-order valence-electron chi connectivity index (χ3n) is 4.77. The second kappa shape index (κ2) is 10.8. The molecule has 2 aromatic heterocycles. The first-order valence-corrected chi connectivity index (χ1v) is 10.6. The molecule has 174 valence electrons. The Morgan fingerprint density at radius 3 is 2.35 bits per heavy atom. The van der Waals surface area contributed by atoms with E-state index in [1.807, 2.05) is 79.7 Å². The number of anilines is 5. The smallest absolute Gasteiger partial charge is 0.250 e. The van der Waals surface area contributed by atoms with Gasteiger partial charge in [0.15, 0.2) is 0 Å². The lowest BCUT2D eigenvalue weighted by Gasteiger charge is -2.11. The summed E-state index contributed by atoms with van der Waals surface area (Å²) in [6.07, 6.45) is 3.32. The average Bonchev–Trinajstić information content (AvgIpc) is 3.37. The van der Waals surface area contributed by atoms with Crippen LogP contribution in [0.4, 0.5) is 29.2 Å². The van der Waals surface area contributed by atoms with E-state index in [1.54, 1.807) is 19.6 Å². The van der Waals surface area contributed by atoms with Gasteiger partial charge in [-0.3, -0.25) is 0 Å². The molecule has 0 saturated heterocycles. The zero-order valence-corrected chi connectivity index (χ0v) is 19.2. The van der Waals surface area contributed by atoms with Gasteiger partial charge in [-0.2, -0.15) is 20.1 Å². The molecule has 0 aliphatic heterocycles. The van der Waals surface area contributed by atoms with Gasteiger partial charge >= 0.3 is 0 Å². The maximum atomic E-state index is 5.37. The summed E-state index contributed by atoms with van der Waals surface area (Å²) in [6.45, 7) is 0.430. The number of hydrogen-bond acceptors (Lipinski definition) is 10. The molecule has 0 atom stereocenters. The molecule has 34 heavy (non-hydrogen) atoms. The van der Waals surface area contributed by atoms with Crippen molar-refractivity contribution in [2.75, 3.05) is 42.2 Å². The van der Waals surface area contributed by atoms with E-state index in [9.17, 15) is 0 Å². The van der Waals surface area contributed by atoms with Crippen molar-refractivity contribution in [1.82, 2.24) is 15.0 Å². The van der Waals surface area contributed by atoms with Crippen molar-refractivity contribution in [1.29, 1.82) is 0 Å². The highest BCUT2D eigenvalue weighted by molar-refractivity contribution is 5.80. The zero-order valence-electron chi connectivity index (χ0n) is 19.2. The lowest BCUT2D eigenvalue weighted by molar-refractivity contribution is 0.415. The predicted octanol–water partition coefficient (Wildman–Crippen LogP) is 4.34. The highest BCUT2D eigenvalue weighted by Crippen LogP contribution is 2.19. The molecule has 2 aromatic carbocycles. The summed E-state index contributed by atoms with van der Waals surface area (Å²) in [5, 5.41) is 10.6. The number of hydrazone groups is 1. The highest BCUT2D eigenvalue weighted by atomic mass is 16.5. The van der Waals surface area contributed by atoms with Crippen molar-refractivity contribution < 1.29 is 9.15 Å². The van der Waals surface area contributed by atoms with Gasteiger partial charge in [0.25, 0.3) is 0 Å². The van der Waals surface area contributed by atoms with Crippen LogP contribution < -0.4 is 25.7 Å². The van der Waals surface area contributed by atoms with Crippen LogP contribution in [0.15, 0.2) is 76.4 Å². The van der Waals surface area contributed by atoms with Gasteiger partial charge in [0, 0.05) is 25.5 Å². The van der Waals surface area contributed by atoms with E-state index in [-0.39, 0.29) is 5.95 Å². The van der Waals surface area contributed by atoms with E-state index in [4.69, 9.17) is 9.15 Å². The molecular formula is C24H26N8O2. The van der Waals surface area contributed by atoms with Crippen molar-refractivity contribution in [3.8, 4) is 5.75 Å². The standard InChI is InChI=1S/C24H26N8O2/c1-32(2)19-10-6-17(7-11-19)15-26-31-24-29-22(25-16-21-5-4-14-34-21)28-23(30-24)27-18-8-12-20(33-3)13-9-18/h4-15H,16H2,1-3H3,(H3,25,27,28,29,30,31)/b26-15+. The summed E-state index contributed by atoms with van der Waals surface area (Å²) in [7, 11) is 5.63.